The molecular formula is C19H18N2O5S. The predicted molar refractivity (Wildman–Crippen MR) is 101 cm³/mol. The first-order valence-electron chi connectivity index (χ1n) is 8.11. The molecule has 2 aromatic carbocycles. The van der Waals surface area contributed by atoms with Gasteiger partial charge >= 0.3 is 0 Å². The second-order valence-electron chi connectivity index (χ2n) is 6.23. The highest BCUT2D eigenvalue weighted by Crippen LogP contribution is 2.20. The van der Waals surface area contributed by atoms with Gasteiger partial charge in [-0.05, 0) is 48.7 Å². The fraction of sp³-hybridized carbons (Fsp3) is 0.158. The van der Waals surface area contributed by atoms with Crippen LogP contribution in [-0.4, -0.2) is 14.3 Å². The van der Waals surface area contributed by atoms with Crippen molar-refractivity contribution >= 4 is 26.9 Å². The van der Waals surface area contributed by atoms with Gasteiger partial charge in [0.25, 0.3) is 5.91 Å². The molecule has 0 bridgehead atoms. The molecule has 0 atom stereocenters. The molecule has 0 saturated heterocycles. The lowest BCUT2D eigenvalue weighted by molar-refractivity contribution is 0.0923. The number of benzene rings is 2. The molecule has 0 aliphatic rings. The Bertz CT molecular complexity index is 1200. The summed E-state index contributed by atoms with van der Waals surface area (Å²) in [5, 5.41) is 8.12. The van der Waals surface area contributed by atoms with Crippen molar-refractivity contribution in [3.8, 4) is 0 Å². The van der Waals surface area contributed by atoms with E-state index in [1.54, 1.807) is 18.2 Å². The summed E-state index contributed by atoms with van der Waals surface area (Å²) in [6, 6.07) is 10.5. The molecule has 0 saturated carbocycles. The average Bonchev–Trinajstić information content (AvgIpc) is 2.62. The molecule has 1 amide bonds. The number of hydrogen-bond donors (Lipinski definition) is 2. The van der Waals surface area contributed by atoms with E-state index < -0.39 is 15.9 Å². The van der Waals surface area contributed by atoms with Crippen LogP contribution in [0.5, 0.6) is 0 Å². The van der Waals surface area contributed by atoms with Gasteiger partial charge in [-0.2, -0.15) is 0 Å². The summed E-state index contributed by atoms with van der Waals surface area (Å²) < 4.78 is 28.2. The molecule has 3 rings (SSSR count). The number of fused-ring (bicyclic) bond motifs is 1. The van der Waals surface area contributed by atoms with E-state index in [2.05, 4.69) is 5.32 Å². The first-order chi connectivity index (χ1) is 12.7. The van der Waals surface area contributed by atoms with E-state index in [1.807, 2.05) is 19.9 Å². The van der Waals surface area contributed by atoms with Crippen LogP contribution in [-0.2, 0) is 16.6 Å². The van der Waals surface area contributed by atoms with E-state index in [0.29, 0.717) is 16.5 Å². The van der Waals surface area contributed by atoms with Crippen LogP contribution in [0.3, 0.4) is 0 Å². The Kier molecular flexibility index (Phi) is 4.86. The number of primary sulfonamides is 1. The van der Waals surface area contributed by atoms with Crippen LogP contribution in [0.4, 0.5) is 0 Å². The molecule has 27 heavy (non-hydrogen) atoms. The molecule has 0 spiro atoms. The molecule has 0 fully saturated rings. The fourth-order valence-corrected chi connectivity index (χ4v) is 3.15. The van der Waals surface area contributed by atoms with Gasteiger partial charge in [0.1, 0.15) is 5.58 Å². The minimum Gasteiger partial charge on any atom is -0.450 e. The van der Waals surface area contributed by atoms with Gasteiger partial charge in [-0.15, -0.1) is 0 Å². The first kappa shape index (κ1) is 18.8. The third-order valence-corrected chi connectivity index (χ3v) is 5.27. The third-order valence-electron chi connectivity index (χ3n) is 4.35. The Morgan fingerprint density at radius 3 is 2.41 bits per heavy atom. The molecule has 8 heteroatoms. The molecule has 1 aromatic heterocycles. The summed E-state index contributed by atoms with van der Waals surface area (Å²) in [6.45, 7) is 3.86. The maximum atomic E-state index is 12.4. The fourth-order valence-electron chi connectivity index (χ4n) is 2.63. The SMILES string of the molecule is Cc1ccc2c(=O)cc(C(=O)NCc3ccc(S(N)(=O)=O)cc3)oc2c1C. The van der Waals surface area contributed by atoms with Crippen molar-refractivity contribution in [3.63, 3.8) is 0 Å². The van der Waals surface area contributed by atoms with Crippen molar-refractivity contribution in [2.75, 3.05) is 0 Å². The number of rotatable bonds is 4. The third kappa shape index (κ3) is 3.91. The predicted octanol–water partition coefficient (Wildman–Crippen LogP) is 1.99. The van der Waals surface area contributed by atoms with Gasteiger partial charge in [0.05, 0.1) is 10.3 Å². The Morgan fingerprint density at radius 1 is 1.11 bits per heavy atom. The van der Waals surface area contributed by atoms with E-state index in [4.69, 9.17) is 9.56 Å². The molecule has 140 valence electrons. The molecule has 1 heterocycles. The van der Waals surface area contributed by atoms with Gasteiger partial charge in [0, 0.05) is 12.6 Å². The van der Waals surface area contributed by atoms with E-state index in [9.17, 15) is 18.0 Å². The van der Waals surface area contributed by atoms with E-state index in [-0.39, 0.29) is 22.6 Å². The van der Waals surface area contributed by atoms with Gasteiger partial charge < -0.3 is 9.73 Å². The zero-order valence-corrected chi connectivity index (χ0v) is 15.6. The van der Waals surface area contributed by atoms with E-state index in [1.165, 1.54) is 12.1 Å². The van der Waals surface area contributed by atoms with Gasteiger partial charge in [-0.1, -0.05) is 18.2 Å². The lowest BCUT2D eigenvalue weighted by atomic mass is 10.1. The van der Waals surface area contributed by atoms with Gasteiger partial charge in [0.2, 0.25) is 10.0 Å². The summed E-state index contributed by atoms with van der Waals surface area (Å²) >= 11 is 0. The van der Waals surface area contributed by atoms with Crippen LogP contribution in [0, 0.1) is 13.8 Å². The number of amides is 1. The zero-order valence-electron chi connectivity index (χ0n) is 14.8. The average molecular weight is 386 g/mol. The van der Waals surface area contributed by atoms with Crippen LogP contribution in [0.2, 0.25) is 0 Å². The van der Waals surface area contributed by atoms with Crippen LogP contribution in [0.15, 0.2) is 56.6 Å². The number of aryl methyl sites for hydroxylation is 2. The monoisotopic (exact) mass is 386 g/mol. The Balaban J connectivity index is 1.82. The molecule has 3 N–H and O–H groups in total. The van der Waals surface area contributed by atoms with Crippen LogP contribution >= 0.6 is 0 Å². The highest BCUT2D eigenvalue weighted by atomic mass is 32.2. The van der Waals surface area contributed by atoms with Crippen LogP contribution in [0.1, 0.15) is 27.2 Å². The minimum absolute atomic E-state index is 0.0102. The second-order valence-corrected chi connectivity index (χ2v) is 7.79. The molecular weight excluding hydrogens is 368 g/mol. The van der Waals surface area contributed by atoms with E-state index in [0.717, 1.165) is 17.2 Å². The Morgan fingerprint density at radius 2 is 1.78 bits per heavy atom. The first-order valence-corrected chi connectivity index (χ1v) is 9.65. The summed E-state index contributed by atoms with van der Waals surface area (Å²) in [7, 11) is -3.76. The van der Waals surface area contributed by atoms with Crippen LogP contribution in [0.25, 0.3) is 11.0 Å². The molecule has 7 nitrogen and oxygen atoms in total. The number of nitrogens with one attached hydrogen (secondary N) is 1. The largest absolute Gasteiger partial charge is 0.450 e. The molecule has 3 aromatic rings. The quantitative estimate of drug-likeness (QED) is 0.710. The van der Waals surface area contributed by atoms with Crippen molar-refractivity contribution in [1.29, 1.82) is 0 Å². The lowest BCUT2D eigenvalue weighted by Gasteiger charge is -2.08. The number of hydrogen-bond acceptors (Lipinski definition) is 5. The number of carbonyl (C=O) groups excluding carboxylic acids is 1. The van der Waals surface area contributed by atoms with E-state index >= 15 is 0 Å². The molecule has 0 aliphatic heterocycles. The Labute approximate surface area is 155 Å². The topological polar surface area (TPSA) is 119 Å². The van der Waals surface area contributed by atoms with Crippen molar-refractivity contribution in [1.82, 2.24) is 5.32 Å². The van der Waals surface area contributed by atoms with Crippen molar-refractivity contribution in [3.05, 3.63) is 75.1 Å². The van der Waals surface area contributed by atoms with Gasteiger partial charge in [-0.25, -0.2) is 13.6 Å². The molecule has 0 unspecified atom stereocenters. The van der Waals surface area contributed by atoms with Crippen molar-refractivity contribution in [2.45, 2.75) is 25.3 Å². The van der Waals surface area contributed by atoms with Gasteiger partial charge in [0.15, 0.2) is 11.2 Å². The number of nitrogens with two attached hydrogens (primary N) is 1. The van der Waals surface area contributed by atoms with Crippen molar-refractivity contribution in [2.24, 2.45) is 5.14 Å². The molecule has 0 aliphatic carbocycles. The highest BCUT2D eigenvalue weighted by Gasteiger charge is 2.14. The van der Waals surface area contributed by atoms with Crippen LogP contribution < -0.4 is 15.9 Å². The number of carbonyl (C=O) groups is 1. The second kappa shape index (κ2) is 6.98. The molecule has 0 radical (unpaired) electrons. The zero-order chi connectivity index (χ0) is 19.8. The highest BCUT2D eigenvalue weighted by molar-refractivity contribution is 7.89. The number of sulfonamides is 1. The summed E-state index contributed by atoms with van der Waals surface area (Å²) in [5.41, 5.74) is 2.54. The summed E-state index contributed by atoms with van der Waals surface area (Å²) in [4.78, 5) is 24.6. The Hall–Kier alpha value is -2.97. The van der Waals surface area contributed by atoms with Gasteiger partial charge in [-0.3, -0.25) is 9.59 Å². The maximum Gasteiger partial charge on any atom is 0.287 e. The minimum atomic E-state index is -3.76. The maximum absolute atomic E-state index is 12.4. The standard InChI is InChI=1S/C19H18N2O5S/c1-11-3-8-15-16(22)9-17(26-18(15)12(11)2)19(23)21-10-13-4-6-14(7-5-13)27(20,24)25/h3-9H,10H2,1-2H3,(H,21,23)(H2,20,24,25). The summed E-state index contributed by atoms with van der Waals surface area (Å²) in [5.74, 6) is -0.618. The smallest absolute Gasteiger partial charge is 0.287 e. The van der Waals surface area contributed by atoms with Crippen molar-refractivity contribution < 1.29 is 17.6 Å². The summed E-state index contributed by atoms with van der Waals surface area (Å²) in [6.07, 6.45) is 0. The lowest BCUT2D eigenvalue weighted by Crippen LogP contribution is -2.24. The normalized spacial score (nSPS) is 11.5.